The van der Waals surface area contributed by atoms with Crippen LogP contribution in [0, 0.1) is 5.92 Å². The standard InChI is InChI=1S/C13H23N3O3S/c1-5-19-13(17)10-11(14)15-20-12(10)16(6-7-18-4)8-9(2)3/h9H,5-8H2,1-4H3,(H2,14,15). The van der Waals surface area contributed by atoms with E-state index in [1.807, 2.05) is 0 Å². The molecule has 1 heterocycles. The number of rotatable bonds is 8. The summed E-state index contributed by atoms with van der Waals surface area (Å²) >= 11 is 1.23. The second-order valence-electron chi connectivity index (χ2n) is 4.80. The first-order valence-electron chi connectivity index (χ1n) is 6.67. The van der Waals surface area contributed by atoms with Crippen molar-refractivity contribution in [2.24, 2.45) is 5.92 Å². The van der Waals surface area contributed by atoms with Crippen LogP contribution in [0.3, 0.4) is 0 Å². The average molecular weight is 301 g/mol. The average Bonchev–Trinajstić information content (AvgIpc) is 2.76. The summed E-state index contributed by atoms with van der Waals surface area (Å²) in [7, 11) is 1.65. The molecular weight excluding hydrogens is 278 g/mol. The van der Waals surface area contributed by atoms with Crippen LogP contribution in [-0.2, 0) is 9.47 Å². The van der Waals surface area contributed by atoms with Gasteiger partial charge in [0.25, 0.3) is 0 Å². The highest BCUT2D eigenvalue weighted by molar-refractivity contribution is 7.11. The van der Waals surface area contributed by atoms with E-state index in [1.54, 1.807) is 14.0 Å². The fraction of sp³-hybridized carbons (Fsp3) is 0.692. The second-order valence-corrected chi connectivity index (χ2v) is 5.55. The van der Waals surface area contributed by atoms with Crippen molar-refractivity contribution in [3.63, 3.8) is 0 Å². The van der Waals surface area contributed by atoms with Gasteiger partial charge in [0.1, 0.15) is 10.6 Å². The number of hydrogen-bond acceptors (Lipinski definition) is 7. The molecule has 0 saturated heterocycles. The number of carbonyl (C=O) groups excluding carboxylic acids is 1. The lowest BCUT2D eigenvalue weighted by Gasteiger charge is -2.25. The maximum absolute atomic E-state index is 12.0. The van der Waals surface area contributed by atoms with Gasteiger partial charge in [-0.2, -0.15) is 4.37 Å². The van der Waals surface area contributed by atoms with Crippen LogP contribution in [0.2, 0.25) is 0 Å². The molecule has 0 atom stereocenters. The van der Waals surface area contributed by atoms with Gasteiger partial charge in [0.15, 0.2) is 5.82 Å². The maximum atomic E-state index is 12.0. The molecule has 7 heteroatoms. The van der Waals surface area contributed by atoms with Crippen LogP contribution in [0.5, 0.6) is 0 Å². The number of nitrogens with two attached hydrogens (primary N) is 1. The minimum atomic E-state index is -0.417. The molecule has 0 unspecified atom stereocenters. The number of hydrogen-bond donors (Lipinski definition) is 1. The summed E-state index contributed by atoms with van der Waals surface area (Å²) in [6.45, 7) is 8.38. The number of ether oxygens (including phenoxy) is 2. The van der Waals surface area contributed by atoms with Crippen LogP contribution in [0.1, 0.15) is 31.1 Å². The molecule has 0 aliphatic rings. The summed E-state index contributed by atoms with van der Waals surface area (Å²) in [4.78, 5) is 14.1. The lowest BCUT2D eigenvalue weighted by molar-refractivity contribution is 0.0528. The lowest BCUT2D eigenvalue weighted by atomic mass is 10.2. The van der Waals surface area contributed by atoms with Gasteiger partial charge in [-0.1, -0.05) is 13.8 Å². The Morgan fingerprint density at radius 3 is 2.75 bits per heavy atom. The third-order valence-electron chi connectivity index (χ3n) is 2.62. The quantitative estimate of drug-likeness (QED) is 0.740. The van der Waals surface area contributed by atoms with Gasteiger partial charge in [0, 0.05) is 20.2 Å². The zero-order valence-corrected chi connectivity index (χ0v) is 13.3. The molecule has 0 aliphatic heterocycles. The molecule has 20 heavy (non-hydrogen) atoms. The Morgan fingerprint density at radius 2 is 2.20 bits per heavy atom. The fourth-order valence-electron chi connectivity index (χ4n) is 1.82. The highest BCUT2D eigenvalue weighted by Gasteiger charge is 2.24. The van der Waals surface area contributed by atoms with E-state index in [9.17, 15) is 4.79 Å². The molecule has 2 N–H and O–H groups in total. The molecule has 0 bridgehead atoms. The predicted molar refractivity (Wildman–Crippen MR) is 81.4 cm³/mol. The van der Waals surface area contributed by atoms with E-state index in [1.165, 1.54) is 11.5 Å². The molecule has 6 nitrogen and oxygen atoms in total. The summed E-state index contributed by atoms with van der Waals surface area (Å²) in [6.07, 6.45) is 0. The summed E-state index contributed by atoms with van der Waals surface area (Å²) in [5.74, 6) is 0.264. The topological polar surface area (TPSA) is 77.7 Å². The molecule has 114 valence electrons. The van der Waals surface area contributed by atoms with Gasteiger partial charge >= 0.3 is 5.97 Å². The van der Waals surface area contributed by atoms with Gasteiger partial charge in [0.05, 0.1) is 13.2 Å². The van der Waals surface area contributed by atoms with E-state index in [4.69, 9.17) is 15.2 Å². The van der Waals surface area contributed by atoms with Crippen LogP contribution < -0.4 is 10.6 Å². The normalized spacial score (nSPS) is 10.8. The molecule has 0 aliphatic carbocycles. The number of nitrogen functional groups attached to an aromatic ring is 1. The fourth-order valence-corrected chi connectivity index (χ4v) is 2.66. The summed E-state index contributed by atoms with van der Waals surface area (Å²) < 4.78 is 14.3. The van der Waals surface area contributed by atoms with Crippen molar-refractivity contribution < 1.29 is 14.3 Å². The molecule has 0 aromatic carbocycles. The van der Waals surface area contributed by atoms with Crippen molar-refractivity contribution in [1.29, 1.82) is 0 Å². The molecule has 0 spiro atoms. The van der Waals surface area contributed by atoms with Gasteiger partial charge in [-0.05, 0) is 24.4 Å². The zero-order valence-electron chi connectivity index (χ0n) is 12.5. The monoisotopic (exact) mass is 301 g/mol. The van der Waals surface area contributed by atoms with Crippen LogP contribution in [-0.4, -0.2) is 43.8 Å². The first-order valence-corrected chi connectivity index (χ1v) is 7.44. The molecule has 1 rings (SSSR count). The summed E-state index contributed by atoms with van der Waals surface area (Å²) in [5, 5.41) is 0.756. The number of nitrogens with zero attached hydrogens (tertiary/aromatic N) is 2. The van der Waals surface area contributed by atoms with Gasteiger partial charge in [-0.25, -0.2) is 4.79 Å². The first kappa shape index (κ1) is 16.7. The highest BCUT2D eigenvalue weighted by Crippen LogP contribution is 2.31. The Morgan fingerprint density at radius 1 is 1.50 bits per heavy atom. The Balaban J connectivity index is 3.03. The van der Waals surface area contributed by atoms with E-state index in [0.29, 0.717) is 31.2 Å². The van der Waals surface area contributed by atoms with Crippen LogP contribution in [0.4, 0.5) is 10.8 Å². The zero-order chi connectivity index (χ0) is 15.1. The molecule has 1 aromatic rings. The molecular formula is C13H23N3O3S. The Labute approximate surface area is 124 Å². The van der Waals surface area contributed by atoms with Crippen LogP contribution in [0.15, 0.2) is 0 Å². The summed E-state index contributed by atoms with van der Waals surface area (Å²) in [5.41, 5.74) is 6.18. The predicted octanol–water partition coefficient (Wildman–Crippen LogP) is 2.01. The molecule has 0 fully saturated rings. The highest BCUT2D eigenvalue weighted by atomic mass is 32.1. The third-order valence-corrected chi connectivity index (χ3v) is 3.54. The van der Waals surface area contributed by atoms with E-state index in [-0.39, 0.29) is 5.82 Å². The van der Waals surface area contributed by atoms with E-state index < -0.39 is 5.97 Å². The van der Waals surface area contributed by atoms with Crippen molar-refractivity contribution in [1.82, 2.24) is 4.37 Å². The third kappa shape index (κ3) is 4.35. The number of aromatic nitrogens is 1. The maximum Gasteiger partial charge on any atom is 0.345 e. The number of esters is 1. The van der Waals surface area contributed by atoms with Crippen molar-refractivity contribution in [3.05, 3.63) is 5.56 Å². The van der Waals surface area contributed by atoms with Crippen molar-refractivity contribution in [2.75, 3.05) is 44.0 Å². The number of carbonyl (C=O) groups is 1. The first-order chi connectivity index (χ1) is 9.51. The molecule has 0 saturated carbocycles. The van der Waals surface area contributed by atoms with Crippen LogP contribution >= 0.6 is 11.5 Å². The minimum Gasteiger partial charge on any atom is -0.462 e. The lowest BCUT2D eigenvalue weighted by Crippen LogP contribution is -2.31. The Bertz CT molecular complexity index is 434. The van der Waals surface area contributed by atoms with Crippen LogP contribution in [0.25, 0.3) is 0 Å². The van der Waals surface area contributed by atoms with E-state index in [0.717, 1.165) is 11.5 Å². The second kappa shape index (κ2) is 8.06. The minimum absolute atomic E-state index is 0.231. The summed E-state index contributed by atoms with van der Waals surface area (Å²) in [6, 6.07) is 0. The smallest absolute Gasteiger partial charge is 0.345 e. The van der Waals surface area contributed by atoms with Crippen molar-refractivity contribution in [2.45, 2.75) is 20.8 Å². The molecule has 0 amide bonds. The van der Waals surface area contributed by atoms with Gasteiger partial charge < -0.3 is 20.1 Å². The van der Waals surface area contributed by atoms with Gasteiger partial charge in [-0.3, -0.25) is 0 Å². The molecule has 0 radical (unpaired) electrons. The van der Waals surface area contributed by atoms with E-state index >= 15 is 0 Å². The Hall–Kier alpha value is -1.34. The SMILES string of the molecule is CCOC(=O)c1c(N)nsc1N(CCOC)CC(C)C. The van der Waals surface area contributed by atoms with Gasteiger partial charge in [0.2, 0.25) is 0 Å². The molecule has 1 aromatic heterocycles. The number of anilines is 2. The largest absolute Gasteiger partial charge is 0.462 e. The van der Waals surface area contributed by atoms with Gasteiger partial charge in [-0.15, -0.1) is 0 Å². The number of methoxy groups -OCH3 is 1. The Kier molecular flexibility index (Phi) is 6.74. The van der Waals surface area contributed by atoms with E-state index in [2.05, 4.69) is 23.1 Å². The van der Waals surface area contributed by atoms with Crippen molar-refractivity contribution >= 4 is 28.3 Å². The van der Waals surface area contributed by atoms with Crippen molar-refractivity contribution in [3.8, 4) is 0 Å².